The maximum absolute atomic E-state index is 12.2. The molecule has 3 rings (SSSR count). The van der Waals surface area contributed by atoms with Gasteiger partial charge >= 0.3 is 0 Å². The molecule has 1 heterocycles. The molecule has 0 saturated heterocycles. The number of amides is 1. The summed E-state index contributed by atoms with van der Waals surface area (Å²) < 4.78 is 36.3. The fraction of sp³-hybridized carbons (Fsp3) is 0.125. The number of ether oxygens (including phenoxy) is 1. The molecule has 1 amide bonds. The van der Waals surface area contributed by atoms with Crippen LogP contribution in [0.4, 0.5) is 5.69 Å². The second-order valence-electron chi connectivity index (χ2n) is 5.13. The zero-order valence-electron chi connectivity index (χ0n) is 12.7. The zero-order chi connectivity index (χ0) is 17.3. The quantitative estimate of drug-likeness (QED) is 0.855. The molecule has 0 aliphatic carbocycles. The lowest BCUT2D eigenvalue weighted by Crippen LogP contribution is -2.19. The Morgan fingerprint density at radius 2 is 1.88 bits per heavy atom. The van der Waals surface area contributed by atoms with Crippen molar-refractivity contribution < 1.29 is 22.5 Å². The summed E-state index contributed by atoms with van der Waals surface area (Å²) in [6.45, 7) is 0. The van der Waals surface area contributed by atoms with Gasteiger partial charge in [-0.1, -0.05) is 12.1 Å². The molecular formula is C16H14N2O5S. The lowest BCUT2D eigenvalue weighted by atomic mass is 10.1. The molecular weight excluding hydrogens is 332 g/mol. The molecule has 2 aromatic carbocycles. The summed E-state index contributed by atoms with van der Waals surface area (Å²) in [7, 11) is -2.71. The number of hydrogen-bond acceptors (Lipinski definition) is 5. The van der Waals surface area contributed by atoms with Crippen molar-refractivity contribution in [2.24, 2.45) is 5.10 Å². The number of rotatable bonds is 4. The van der Waals surface area contributed by atoms with Crippen LogP contribution in [-0.4, -0.2) is 31.7 Å². The van der Waals surface area contributed by atoms with Crippen LogP contribution in [0, 0.1) is 0 Å². The lowest BCUT2D eigenvalue weighted by molar-refractivity contribution is -0.116. The van der Waals surface area contributed by atoms with E-state index in [-0.39, 0.29) is 17.2 Å². The fourth-order valence-electron chi connectivity index (χ4n) is 2.35. The van der Waals surface area contributed by atoms with E-state index >= 15 is 0 Å². The molecule has 0 atom stereocenters. The average Bonchev–Trinajstić information content (AvgIpc) is 2.96. The smallest absolute Gasteiger partial charge is 0.294 e. The molecule has 124 valence electrons. The van der Waals surface area contributed by atoms with Crippen molar-refractivity contribution in [2.45, 2.75) is 11.3 Å². The van der Waals surface area contributed by atoms with E-state index in [1.54, 1.807) is 19.2 Å². The first-order valence-electron chi connectivity index (χ1n) is 7.01. The first-order chi connectivity index (χ1) is 11.4. The molecule has 1 aliphatic rings. The second-order valence-corrected chi connectivity index (χ2v) is 6.55. The summed E-state index contributed by atoms with van der Waals surface area (Å²) in [5.74, 6) is 0.436. The van der Waals surface area contributed by atoms with Crippen molar-refractivity contribution in [1.82, 2.24) is 0 Å². The Balaban J connectivity index is 1.91. The number of anilines is 1. The number of nitrogens with zero attached hydrogens (tertiary/aromatic N) is 2. The standard InChI is InChI=1S/C16H14N2O5S/c1-23-13-4-2-3-11(9-13)15-10-16(19)18(17-15)12-5-7-14(8-6-12)24(20,21)22/h2-9H,10H2,1H3,(H,20,21,22). The number of carbonyl (C=O) groups is 1. The van der Waals surface area contributed by atoms with E-state index in [9.17, 15) is 13.2 Å². The van der Waals surface area contributed by atoms with Gasteiger partial charge in [0.15, 0.2) is 0 Å². The highest BCUT2D eigenvalue weighted by molar-refractivity contribution is 7.85. The predicted octanol–water partition coefficient (Wildman–Crippen LogP) is 2.08. The molecule has 7 nitrogen and oxygen atoms in total. The summed E-state index contributed by atoms with van der Waals surface area (Å²) in [4.78, 5) is 12.0. The van der Waals surface area contributed by atoms with Gasteiger partial charge in [0.2, 0.25) is 0 Å². The second kappa shape index (κ2) is 6.06. The Labute approximate surface area is 138 Å². The van der Waals surface area contributed by atoms with Gasteiger partial charge in [-0.05, 0) is 36.4 Å². The first kappa shape index (κ1) is 16.2. The molecule has 0 fully saturated rings. The SMILES string of the molecule is COc1cccc(C2=NN(c3ccc(S(=O)(=O)O)cc3)C(=O)C2)c1. The number of benzene rings is 2. The van der Waals surface area contributed by atoms with Gasteiger partial charge in [-0.2, -0.15) is 13.5 Å². The van der Waals surface area contributed by atoms with Crippen molar-refractivity contribution in [3.63, 3.8) is 0 Å². The molecule has 0 saturated carbocycles. The Hall–Kier alpha value is -2.71. The van der Waals surface area contributed by atoms with E-state index in [0.717, 1.165) is 5.56 Å². The van der Waals surface area contributed by atoms with Crippen LogP contribution in [0.2, 0.25) is 0 Å². The molecule has 0 spiro atoms. The van der Waals surface area contributed by atoms with Gasteiger partial charge in [0.1, 0.15) is 5.75 Å². The van der Waals surface area contributed by atoms with Crippen LogP contribution in [0.3, 0.4) is 0 Å². The monoisotopic (exact) mass is 346 g/mol. The third kappa shape index (κ3) is 3.15. The van der Waals surface area contributed by atoms with Crippen molar-refractivity contribution in [2.75, 3.05) is 12.1 Å². The van der Waals surface area contributed by atoms with Crippen LogP contribution < -0.4 is 9.75 Å². The fourth-order valence-corrected chi connectivity index (χ4v) is 2.83. The third-order valence-electron chi connectivity index (χ3n) is 3.56. The molecule has 0 radical (unpaired) electrons. The van der Waals surface area contributed by atoms with Gasteiger partial charge in [0, 0.05) is 5.56 Å². The predicted molar refractivity (Wildman–Crippen MR) is 87.9 cm³/mol. The maximum atomic E-state index is 12.2. The number of hydrazone groups is 1. The Morgan fingerprint density at radius 3 is 2.50 bits per heavy atom. The van der Waals surface area contributed by atoms with E-state index in [1.165, 1.54) is 29.3 Å². The molecule has 2 aromatic rings. The summed E-state index contributed by atoms with van der Waals surface area (Å²) in [5, 5.41) is 5.52. The first-order valence-corrected chi connectivity index (χ1v) is 8.45. The molecule has 0 unspecified atom stereocenters. The van der Waals surface area contributed by atoms with Crippen LogP contribution in [0.5, 0.6) is 5.75 Å². The minimum Gasteiger partial charge on any atom is -0.497 e. The van der Waals surface area contributed by atoms with E-state index in [4.69, 9.17) is 9.29 Å². The highest BCUT2D eigenvalue weighted by Gasteiger charge is 2.26. The van der Waals surface area contributed by atoms with Crippen LogP contribution in [0.1, 0.15) is 12.0 Å². The number of hydrogen-bond donors (Lipinski definition) is 1. The molecule has 24 heavy (non-hydrogen) atoms. The molecule has 8 heteroatoms. The molecule has 1 aliphatic heterocycles. The van der Waals surface area contributed by atoms with Gasteiger partial charge < -0.3 is 4.74 Å². The van der Waals surface area contributed by atoms with E-state index in [0.29, 0.717) is 17.1 Å². The van der Waals surface area contributed by atoms with Gasteiger partial charge in [0.25, 0.3) is 16.0 Å². The molecule has 0 aromatic heterocycles. The van der Waals surface area contributed by atoms with E-state index in [2.05, 4.69) is 5.10 Å². The summed E-state index contributed by atoms with van der Waals surface area (Å²) >= 11 is 0. The van der Waals surface area contributed by atoms with Gasteiger partial charge in [-0.3, -0.25) is 9.35 Å². The highest BCUT2D eigenvalue weighted by atomic mass is 32.2. The van der Waals surface area contributed by atoms with Crippen LogP contribution in [0.25, 0.3) is 0 Å². The van der Waals surface area contributed by atoms with Crippen molar-refractivity contribution in [3.8, 4) is 5.75 Å². The highest BCUT2D eigenvalue weighted by Crippen LogP contribution is 2.25. The average molecular weight is 346 g/mol. The summed E-state index contributed by atoms with van der Waals surface area (Å²) in [6, 6.07) is 12.5. The number of carbonyl (C=O) groups excluding carboxylic acids is 1. The Morgan fingerprint density at radius 1 is 1.17 bits per heavy atom. The van der Waals surface area contributed by atoms with Crippen LogP contribution in [-0.2, 0) is 14.9 Å². The Kier molecular flexibility index (Phi) is 4.08. The van der Waals surface area contributed by atoms with Gasteiger partial charge in [-0.25, -0.2) is 5.01 Å². The van der Waals surface area contributed by atoms with E-state index < -0.39 is 10.1 Å². The third-order valence-corrected chi connectivity index (χ3v) is 4.43. The number of methoxy groups -OCH3 is 1. The van der Waals surface area contributed by atoms with Crippen LogP contribution in [0.15, 0.2) is 58.5 Å². The van der Waals surface area contributed by atoms with E-state index in [1.807, 2.05) is 12.1 Å². The zero-order valence-corrected chi connectivity index (χ0v) is 13.5. The van der Waals surface area contributed by atoms with Gasteiger partial charge in [0.05, 0.1) is 29.8 Å². The van der Waals surface area contributed by atoms with Crippen LogP contribution >= 0.6 is 0 Å². The lowest BCUT2D eigenvalue weighted by Gasteiger charge is -2.11. The summed E-state index contributed by atoms with van der Waals surface area (Å²) in [5.41, 5.74) is 1.79. The van der Waals surface area contributed by atoms with Crippen molar-refractivity contribution in [1.29, 1.82) is 0 Å². The largest absolute Gasteiger partial charge is 0.497 e. The summed E-state index contributed by atoms with van der Waals surface area (Å²) in [6.07, 6.45) is 0.132. The maximum Gasteiger partial charge on any atom is 0.294 e. The minimum atomic E-state index is -4.27. The topological polar surface area (TPSA) is 96.3 Å². The van der Waals surface area contributed by atoms with Crippen molar-refractivity contribution >= 4 is 27.4 Å². The van der Waals surface area contributed by atoms with Gasteiger partial charge in [-0.15, -0.1) is 0 Å². The minimum absolute atomic E-state index is 0.132. The molecule has 1 N–H and O–H groups in total. The molecule has 0 bridgehead atoms. The normalized spacial score (nSPS) is 14.7. The van der Waals surface area contributed by atoms with Crippen molar-refractivity contribution in [3.05, 3.63) is 54.1 Å². The Bertz CT molecular complexity index is 920.